The number of alkyl carbamates (subject to hydrolysis) is 1. The van der Waals surface area contributed by atoms with E-state index in [9.17, 15) is 14.7 Å². The lowest BCUT2D eigenvalue weighted by Gasteiger charge is -2.26. The number of rotatable bonds is 6. The van der Waals surface area contributed by atoms with Gasteiger partial charge in [-0.1, -0.05) is 30.3 Å². The molecule has 1 heterocycles. The van der Waals surface area contributed by atoms with Crippen molar-refractivity contribution in [1.82, 2.24) is 14.9 Å². The molecule has 1 atom stereocenters. The minimum Gasteiger partial charge on any atom is -0.479 e. The second-order valence-corrected chi connectivity index (χ2v) is 7.32. The molecule has 9 heteroatoms. The zero-order valence-corrected chi connectivity index (χ0v) is 17.0. The Morgan fingerprint density at radius 1 is 1.33 bits per heavy atom. The highest BCUT2D eigenvalue weighted by Gasteiger charge is 2.36. The molecule has 0 saturated heterocycles. The monoisotopic (exact) mass is 555 g/mol. The van der Waals surface area contributed by atoms with Crippen molar-refractivity contribution in [2.75, 3.05) is 0 Å². The maximum atomic E-state index is 12.0. The van der Waals surface area contributed by atoms with Gasteiger partial charge in [0, 0.05) is 0 Å². The summed E-state index contributed by atoms with van der Waals surface area (Å²) in [6, 6.07) is 9.17. The summed E-state index contributed by atoms with van der Waals surface area (Å²) in [7, 11) is 0. The van der Waals surface area contributed by atoms with Gasteiger partial charge in [-0.05, 0) is 57.7 Å². The van der Waals surface area contributed by atoms with E-state index in [1.807, 2.05) is 30.3 Å². The molecule has 24 heavy (non-hydrogen) atoms. The van der Waals surface area contributed by atoms with Gasteiger partial charge >= 0.3 is 12.1 Å². The molecule has 0 bridgehead atoms. The van der Waals surface area contributed by atoms with Crippen LogP contribution in [0.5, 0.6) is 0 Å². The third-order valence-corrected chi connectivity index (χ3v) is 6.23. The number of ether oxygens (including phenoxy) is 1. The second kappa shape index (κ2) is 8.14. The van der Waals surface area contributed by atoms with Gasteiger partial charge < -0.3 is 19.7 Å². The lowest BCUT2D eigenvalue weighted by Crippen LogP contribution is -2.55. The molecule has 0 fully saturated rings. The molecule has 0 aliphatic rings. The molecule has 1 aromatic heterocycles. The van der Waals surface area contributed by atoms with Gasteiger partial charge in [-0.3, -0.25) is 0 Å². The van der Waals surface area contributed by atoms with E-state index < -0.39 is 17.6 Å². The standard InChI is InChI=1S/C15H15I2N3O4/c1-15(13(21)22,8-20-9-18-11(16)12(20)17)19-14(23)24-7-10-5-3-2-4-6-10/h2-6,9H,7-8H2,1H3,(H,19,23)(H,21,22). The second-order valence-electron chi connectivity index (χ2n) is 5.28. The number of carboxylic acids is 1. The van der Waals surface area contributed by atoms with Crippen molar-refractivity contribution in [1.29, 1.82) is 0 Å². The van der Waals surface area contributed by atoms with E-state index in [0.29, 0.717) is 0 Å². The normalized spacial score (nSPS) is 13.1. The summed E-state index contributed by atoms with van der Waals surface area (Å²) in [6.45, 7) is 1.54. The summed E-state index contributed by atoms with van der Waals surface area (Å²) in [4.78, 5) is 27.8. The zero-order chi connectivity index (χ0) is 17.7. The lowest BCUT2D eigenvalue weighted by molar-refractivity contribution is -0.144. The number of imidazole rings is 1. The van der Waals surface area contributed by atoms with Gasteiger partial charge in [-0.2, -0.15) is 0 Å². The van der Waals surface area contributed by atoms with Crippen molar-refractivity contribution in [2.24, 2.45) is 0 Å². The van der Waals surface area contributed by atoms with Gasteiger partial charge in [0.2, 0.25) is 0 Å². The molecular weight excluding hydrogens is 540 g/mol. The van der Waals surface area contributed by atoms with Crippen LogP contribution in [0.1, 0.15) is 12.5 Å². The number of hydrogen-bond acceptors (Lipinski definition) is 4. The van der Waals surface area contributed by atoms with Gasteiger partial charge in [-0.15, -0.1) is 0 Å². The number of halogens is 2. The number of benzene rings is 1. The topological polar surface area (TPSA) is 93.5 Å². The molecule has 2 rings (SSSR count). The van der Waals surface area contributed by atoms with Crippen LogP contribution in [-0.2, 0) is 22.7 Å². The molecule has 0 saturated carbocycles. The molecule has 128 valence electrons. The highest BCUT2D eigenvalue weighted by molar-refractivity contribution is 14.1. The van der Waals surface area contributed by atoms with Crippen molar-refractivity contribution >= 4 is 57.2 Å². The summed E-state index contributed by atoms with van der Waals surface area (Å²) in [6.07, 6.45) is 0.760. The van der Waals surface area contributed by atoms with Crippen LogP contribution in [0.2, 0.25) is 0 Å². The zero-order valence-electron chi connectivity index (χ0n) is 12.7. The van der Waals surface area contributed by atoms with Crippen molar-refractivity contribution in [2.45, 2.75) is 25.6 Å². The predicted molar refractivity (Wildman–Crippen MR) is 103 cm³/mol. The van der Waals surface area contributed by atoms with E-state index >= 15 is 0 Å². The molecule has 0 radical (unpaired) electrons. The number of aromatic nitrogens is 2. The van der Waals surface area contributed by atoms with Crippen LogP contribution < -0.4 is 5.32 Å². The molecule has 1 unspecified atom stereocenters. The first-order chi connectivity index (χ1) is 11.3. The molecular formula is C15H15I2N3O4. The molecule has 2 N–H and O–H groups in total. The van der Waals surface area contributed by atoms with Gasteiger partial charge in [0.05, 0.1) is 12.9 Å². The molecule has 0 aliphatic heterocycles. The summed E-state index contributed by atoms with van der Waals surface area (Å²) < 4.78 is 8.36. The van der Waals surface area contributed by atoms with E-state index in [0.717, 1.165) is 13.0 Å². The van der Waals surface area contributed by atoms with Crippen molar-refractivity contribution in [3.63, 3.8) is 0 Å². The third-order valence-electron chi connectivity index (χ3n) is 3.28. The number of carbonyl (C=O) groups is 2. The maximum absolute atomic E-state index is 12.0. The summed E-state index contributed by atoms with van der Waals surface area (Å²) >= 11 is 4.14. The summed E-state index contributed by atoms with van der Waals surface area (Å²) in [5.74, 6) is -1.15. The SMILES string of the molecule is CC(Cn1cnc(I)c1I)(NC(=O)OCc1ccccc1)C(=O)O. The molecule has 1 amide bonds. The highest BCUT2D eigenvalue weighted by atomic mass is 127. The van der Waals surface area contributed by atoms with Crippen LogP contribution >= 0.6 is 45.2 Å². The average molecular weight is 555 g/mol. The van der Waals surface area contributed by atoms with Gasteiger partial charge in [0.25, 0.3) is 0 Å². The number of carbonyl (C=O) groups excluding carboxylic acids is 1. The quantitative estimate of drug-likeness (QED) is 0.536. The van der Waals surface area contributed by atoms with E-state index in [-0.39, 0.29) is 13.2 Å². The number of nitrogens with one attached hydrogen (secondary N) is 1. The maximum Gasteiger partial charge on any atom is 0.408 e. The molecule has 0 aliphatic carbocycles. The largest absolute Gasteiger partial charge is 0.479 e. The van der Waals surface area contributed by atoms with E-state index in [1.54, 1.807) is 10.9 Å². The molecule has 1 aromatic carbocycles. The van der Waals surface area contributed by atoms with Crippen LogP contribution in [0.3, 0.4) is 0 Å². The minimum absolute atomic E-state index is 0.0387. The predicted octanol–water partition coefficient (Wildman–Crippen LogP) is 2.86. The fourth-order valence-corrected chi connectivity index (χ4v) is 2.81. The Hall–Kier alpha value is -1.37. The summed E-state index contributed by atoms with van der Waals surface area (Å²) in [5.41, 5.74) is -0.694. The average Bonchev–Trinajstić information content (AvgIpc) is 2.85. The Morgan fingerprint density at radius 3 is 2.54 bits per heavy atom. The van der Waals surface area contributed by atoms with Crippen LogP contribution in [0.25, 0.3) is 0 Å². The fourth-order valence-electron chi connectivity index (χ4n) is 1.94. The number of aliphatic carboxylic acids is 1. The Labute approximate surface area is 166 Å². The third kappa shape index (κ3) is 4.82. The first kappa shape index (κ1) is 19.0. The number of amides is 1. The van der Waals surface area contributed by atoms with Gasteiger partial charge in [-0.25, -0.2) is 14.6 Å². The Balaban J connectivity index is 2.02. The molecule has 0 spiro atoms. The van der Waals surface area contributed by atoms with Crippen LogP contribution in [0, 0.1) is 7.40 Å². The molecule has 2 aromatic rings. The van der Waals surface area contributed by atoms with Crippen molar-refractivity contribution < 1.29 is 19.4 Å². The van der Waals surface area contributed by atoms with Crippen molar-refractivity contribution in [3.05, 3.63) is 49.6 Å². The van der Waals surface area contributed by atoms with Crippen LogP contribution in [0.15, 0.2) is 36.7 Å². The van der Waals surface area contributed by atoms with Gasteiger partial charge in [0.1, 0.15) is 14.0 Å². The van der Waals surface area contributed by atoms with Crippen LogP contribution in [0.4, 0.5) is 4.79 Å². The smallest absolute Gasteiger partial charge is 0.408 e. The number of nitrogens with zero attached hydrogens (tertiary/aromatic N) is 2. The first-order valence-electron chi connectivity index (χ1n) is 6.90. The number of carboxylic acid groups (broad SMARTS) is 1. The highest BCUT2D eigenvalue weighted by Crippen LogP contribution is 2.17. The van der Waals surface area contributed by atoms with E-state index in [1.165, 1.54) is 6.92 Å². The lowest BCUT2D eigenvalue weighted by atomic mass is 10.0. The van der Waals surface area contributed by atoms with E-state index in [4.69, 9.17) is 4.74 Å². The van der Waals surface area contributed by atoms with Gasteiger partial charge in [0.15, 0.2) is 5.54 Å². The molecule has 7 nitrogen and oxygen atoms in total. The Bertz CT molecular complexity index is 736. The Morgan fingerprint density at radius 2 is 2.00 bits per heavy atom. The number of hydrogen-bond donors (Lipinski definition) is 2. The fraction of sp³-hybridized carbons (Fsp3) is 0.267. The van der Waals surface area contributed by atoms with Crippen LogP contribution in [-0.4, -0.2) is 32.3 Å². The first-order valence-corrected chi connectivity index (χ1v) is 9.06. The van der Waals surface area contributed by atoms with E-state index in [2.05, 4.69) is 55.5 Å². The van der Waals surface area contributed by atoms with Crippen molar-refractivity contribution in [3.8, 4) is 0 Å². The minimum atomic E-state index is -1.52. The summed E-state index contributed by atoms with van der Waals surface area (Å²) in [5, 5.41) is 12.0. The Kier molecular flexibility index (Phi) is 6.43.